The number of rotatable bonds is 3. The molecule has 0 amide bonds. The summed E-state index contributed by atoms with van der Waals surface area (Å²) in [4.78, 5) is 4.44. The fourth-order valence-corrected chi connectivity index (χ4v) is 2.79. The van der Waals surface area contributed by atoms with E-state index in [0.717, 1.165) is 35.5 Å². The van der Waals surface area contributed by atoms with E-state index in [1.165, 1.54) is 0 Å². The van der Waals surface area contributed by atoms with Crippen molar-refractivity contribution in [3.63, 3.8) is 0 Å². The average Bonchev–Trinajstić information content (AvgIpc) is 2.26. The Morgan fingerprint density at radius 2 is 1.95 bits per heavy atom. The van der Waals surface area contributed by atoms with Crippen molar-refractivity contribution in [2.75, 3.05) is 0 Å². The summed E-state index contributed by atoms with van der Waals surface area (Å²) in [5, 5.41) is 0. The third-order valence-electron chi connectivity index (χ3n) is 3.57. The first-order valence-corrected chi connectivity index (χ1v) is 6.99. The number of ether oxygens (including phenoxy) is 2. The Labute approximate surface area is 115 Å². The SMILES string of the molecule is Cc1cc(OC2CC(C)OC(C)C2)c(CN)c(C)n1. The highest BCUT2D eigenvalue weighted by atomic mass is 16.5. The molecule has 2 atom stereocenters. The van der Waals surface area contributed by atoms with E-state index in [4.69, 9.17) is 15.2 Å². The number of aromatic nitrogens is 1. The summed E-state index contributed by atoms with van der Waals surface area (Å²) in [6.45, 7) is 8.62. The van der Waals surface area contributed by atoms with Gasteiger partial charge in [-0.15, -0.1) is 0 Å². The van der Waals surface area contributed by atoms with Crippen molar-refractivity contribution in [3.05, 3.63) is 23.0 Å². The molecule has 0 bridgehead atoms. The van der Waals surface area contributed by atoms with Gasteiger partial charge in [0.15, 0.2) is 0 Å². The highest BCUT2D eigenvalue weighted by molar-refractivity contribution is 5.37. The zero-order valence-corrected chi connectivity index (χ0v) is 12.3. The molecule has 4 nitrogen and oxygen atoms in total. The third kappa shape index (κ3) is 3.45. The van der Waals surface area contributed by atoms with Gasteiger partial charge in [-0.2, -0.15) is 0 Å². The van der Waals surface area contributed by atoms with Gasteiger partial charge in [0.2, 0.25) is 0 Å². The summed E-state index contributed by atoms with van der Waals surface area (Å²) in [5.74, 6) is 0.888. The fraction of sp³-hybridized carbons (Fsp3) is 0.667. The lowest BCUT2D eigenvalue weighted by Gasteiger charge is -2.32. The van der Waals surface area contributed by atoms with Crippen LogP contribution in [0.15, 0.2) is 6.07 Å². The molecule has 0 saturated carbocycles. The standard InChI is InChI=1S/C15H24N2O2/c1-9-5-15(14(8-16)12(4)17-9)19-13-6-10(2)18-11(3)7-13/h5,10-11,13H,6-8,16H2,1-4H3. The molecule has 2 N–H and O–H groups in total. The first kappa shape index (κ1) is 14.3. The Kier molecular flexibility index (Phi) is 4.42. The van der Waals surface area contributed by atoms with E-state index in [1.807, 2.05) is 19.9 Å². The molecule has 0 radical (unpaired) electrons. The number of nitrogens with two attached hydrogens (primary N) is 1. The molecule has 1 aliphatic rings. The maximum absolute atomic E-state index is 6.18. The first-order valence-electron chi connectivity index (χ1n) is 6.99. The number of hydrogen-bond acceptors (Lipinski definition) is 4. The minimum Gasteiger partial charge on any atom is -0.490 e. The van der Waals surface area contributed by atoms with Gasteiger partial charge in [0, 0.05) is 42.4 Å². The normalized spacial score (nSPS) is 27.3. The van der Waals surface area contributed by atoms with E-state index in [2.05, 4.69) is 18.8 Å². The second-order valence-corrected chi connectivity index (χ2v) is 5.50. The Bertz CT molecular complexity index is 438. The number of aryl methyl sites for hydroxylation is 2. The second-order valence-electron chi connectivity index (χ2n) is 5.50. The van der Waals surface area contributed by atoms with E-state index in [1.54, 1.807) is 0 Å². The predicted octanol–water partition coefficient (Wildman–Crippen LogP) is 2.49. The highest BCUT2D eigenvalue weighted by Crippen LogP contribution is 2.28. The minimum absolute atomic E-state index is 0.199. The van der Waals surface area contributed by atoms with Gasteiger partial charge in [-0.05, 0) is 27.7 Å². The van der Waals surface area contributed by atoms with E-state index < -0.39 is 0 Å². The van der Waals surface area contributed by atoms with Crippen molar-refractivity contribution in [2.24, 2.45) is 5.73 Å². The van der Waals surface area contributed by atoms with Crippen LogP contribution < -0.4 is 10.5 Å². The molecular weight excluding hydrogens is 240 g/mol. The van der Waals surface area contributed by atoms with Gasteiger partial charge in [0.1, 0.15) is 11.9 Å². The topological polar surface area (TPSA) is 57.4 Å². The lowest BCUT2D eigenvalue weighted by molar-refractivity contribution is -0.0723. The van der Waals surface area contributed by atoms with Crippen LogP contribution in [0.2, 0.25) is 0 Å². The van der Waals surface area contributed by atoms with Crippen LogP contribution in [0.5, 0.6) is 5.75 Å². The summed E-state index contributed by atoms with van der Waals surface area (Å²) in [6, 6.07) is 1.99. The van der Waals surface area contributed by atoms with E-state index in [0.29, 0.717) is 6.54 Å². The molecular formula is C15H24N2O2. The van der Waals surface area contributed by atoms with Crippen LogP contribution >= 0.6 is 0 Å². The molecule has 0 aromatic carbocycles. The molecule has 2 rings (SSSR count). The monoisotopic (exact) mass is 264 g/mol. The van der Waals surface area contributed by atoms with Crippen LogP contribution in [0.4, 0.5) is 0 Å². The molecule has 2 unspecified atom stereocenters. The minimum atomic E-state index is 0.199. The largest absolute Gasteiger partial charge is 0.490 e. The second kappa shape index (κ2) is 5.88. The van der Waals surface area contributed by atoms with Crippen molar-refractivity contribution in [1.82, 2.24) is 4.98 Å². The van der Waals surface area contributed by atoms with Crippen LogP contribution in [-0.2, 0) is 11.3 Å². The molecule has 2 heterocycles. The van der Waals surface area contributed by atoms with Crippen molar-refractivity contribution in [1.29, 1.82) is 0 Å². The van der Waals surface area contributed by atoms with E-state index in [9.17, 15) is 0 Å². The van der Waals surface area contributed by atoms with Gasteiger partial charge in [0.25, 0.3) is 0 Å². The summed E-state index contributed by atoms with van der Waals surface area (Å²) < 4.78 is 11.9. The molecule has 1 saturated heterocycles. The number of nitrogens with zero attached hydrogens (tertiary/aromatic N) is 1. The van der Waals surface area contributed by atoms with Crippen LogP contribution in [0.3, 0.4) is 0 Å². The van der Waals surface area contributed by atoms with Gasteiger partial charge < -0.3 is 15.2 Å². The number of hydrogen-bond donors (Lipinski definition) is 1. The Hall–Kier alpha value is -1.13. The zero-order valence-electron chi connectivity index (χ0n) is 12.3. The van der Waals surface area contributed by atoms with E-state index in [-0.39, 0.29) is 18.3 Å². The summed E-state index contributed by atoms with van der Waals surface area (Å²) in [7, 11) is 0. The molecule has 1 aromatic heterocycles. The van der Waals surface area contributed by atoms with Crippen LogP contribution in [0, 0.1) is 13.8 Å². The third-order valence-corrected chi connectivity index (χ3v) is 3.57. The maximum Gasteiger partial charge on any atom is 0.127 e. The maximum atomic E-state index is 6.18. The van der Waals surface area contributed by atoms with Gasteiger partial charge in [-0.25, -0.2) is 0 Å². The Morgan fingerprint density at radius 3 is 2.53 bits per heavy atom. The first-order chi connectivity index (χ1) is 8.99. The molecule has 1 aromatic rings. The van der Waals surface area contributed by atoms with Gasteiger partial charge in [-0.3, -0.25) is 4.98 Å². The molecule has 4 heteroatoms. The summed E-state index contributed by atoms with van der Waals surface area (Å²) >= 11 is 0. The lowest BCUT2D eigenvalue weighted by Crippen LogP contribution is -2.36. The molecule has 106 valence electrons. The molecule has 1 aliphatic heterocycles. The zero-order chi connectivity index (χ0) is 14.0. The van der Waals surface area contributed by atoms with Crippen LogP contribution in [-0.4, -0.2) is 23.3 Å². The average molecular weight is 264 g/mol. The van der Waals surface area contributed by atoms with Crippen molar-refractivity contribution in [2.45, 2.75) is 65.4 Å². The summed E-state index contributed by atoms with van der Waals surface area (Å²) in [5.41, 5.74) is 8.76. The molecule has 0 aliphatic carbocycles. The fourth-order valence-electron chi connectivity index (χ4n) is 2.79. The van der Waals surface area contributed by atoms with Crippen molar-refractivity contribution in [3.8, 4) is 5.75 Å². The lowest BCUT2D eigenvalue weighted by atomic mass is 10.0. The summed E-state index contributed by atoms with van der Waals surface area (Å²) in [6.07, 6.45) is 2.55. The van der Waals surface area contributed by atoms with Gasteiger partial charge in [-0.1, -0.05) is 0 Å². The molecule has 1 fully saturated rings. The van der Waals surface area contributed by atoms with E-state index >= 15 is 0 Å². The molecule has 0 spiro atoms. The highest BCUT2D eigenvalue weighted by Gasteiger charge is 2.26. The van der Waals surface area contributed by atoms with Crippen LogP contribution in [0.1, 0.15) is 43.6 Å². The number of pyridine rings is 1. The Balaban J connectivity index is 2.18. The van der Waals surface area contributed by atoms with Crippen LogP contribution in [0.25, 0.3) is 0 Å². The predicted molar refractivity (Wildman–Crippen MR) is 75.3 cm³/mol. The Morgan fingerprint density at radius 1 is 1.32 bits per heavy atom. The smallest absolute Gasteiger partial charge is 0.127 e. The van der Waals surface area contributed by atoms with Crippen molar-refractivity contribution >= 4 is 0 Å². The van der Waals surface area contributed by atoms with Gasteiger partial charge in [0.05, 0.1) is 12.2 Å². The van der Waals surface area contributed by atoms with Crippen molar-refractivity contribution < 1.29 is 9.47 Å². The van der Waals surface area contributed by atoms with Gasteiger partial charge >= 0.3 is 0 Å². The molecule has 19 heavy (non-hydrogen) atoms. The quantitative estimate of drug-likeness (QED) is 0.911.